The fourth-order valence-corrected chi connectivity index (χ4v) is 5.27. The second-order valence-electron chi connectivity index (χ2n) is 9.38. The van der Waals surface area contributed by atoms with Gasteiger partial charge < -0.3 is 15.5 Å². The van der Waals surface area contributed by atoms with E-state index in [1.54, 1.807) is 6.07 Å². The lowest BCUT2D eigenvalue weighted by Crippen LogP contribution is -2.30. The van der Waals surface area contributed by atoms with Crippen molar-refractivity contribution in [2.45, 2.75) is 58.9 Å². The van der Waals surface area contributed by atoms with Gasteiger partial charge in [0.2, 0.25) is 0 Å². The number of nitrogens with one attached hydrogen (secondary N) is 2. The standard InChI is InChI=1S/C27H32FN5/c1-17(2)30-21-13-19(12-20(28)14-21)16-29-27-24-15-25(33-10-5-4-6-11-33)22-8-7-9-23(22)26(24)31-18(3)32-27/h12-15,30H,1,4-11,16H2,2-3H3,(H,29,31,32). The van der Waals surface area contributed by atoms with Gasteiger partial charge in [0.15, 0.2) is 0 Å². The molecule has 2 aromatic carbocycles. The van der Waals surface area contributed by atoms with Crippen molar-refractivity contribution in [2.75, 3.05) is 28.6 Å². The molecule has 6 heteroatoms. The first-order valence-corrected chi connectivity index (χ1v) is 12.0. The van der Waals surface area contributed by atoms with Gasteiger partial charge in [0.1, 0.15) is 17.5 Å². The number of rotatable bonds is 6. The van der Waals surface area contributed by atoms with Crippen LogP contribution in [0.1, 0.15) is 55.1 Å². The average Bonchev–Trinajstić information content (AvgIpc) is 3.27. The van der Waals surface area contributed by atoms with Crippen LogP contribution in [-0.2, 0) is 19.4 Å². The van der Waals surface area contributed by atoms with E-state index in [1.807, 2.05) is 19.9 Å². The molecular formula is C27H32FN5. The fraction of sp³-hybridized carbons (Fsp3) is 0.407. The van der Waals surface area contributed by atoms with Crippen molar-refractivity contribution in [1.29, 1.82) is 0 Å². The van der Waals surface area contributed by atoms with Gasteiger partial charge in [-0.25, -0.2) is 14.4 Å². The Labute approximate surface area is 195 Å². The van der Waals surface area contributed by atoms with Crippen LogP contribution in [-0.4, -0.2) is 23.1 Å². The molecule has 0 saturated carbocycles. The smallest absolute Gasteiger partial charge is 0.137 e. The SMILES string of the molecule is C=C(C)Nc1cc(F)cc(CNc2nc(C)nc3c4c(c(N5CCCCC5)cc23)CCC4)c1. The van der Waals surface area contributed by atoms with Gasteiger partial charge in [-0.1, -0.05) is 6.58 Å². The Kier molecular flexibility index (Phi) is 5.92. The van der Waals surface area contributed by atoms with E-state index in [-0.39, 0.29) is 5.82 Å². The maximum atomic E-state index is 14.2. The van der Waals surface area contributed by atoms with Crippen molar-refractivity contribution in [3.05, 3.63) is 64.9 Å². The number of aromatic nitrogens is 2. The minimum absolute atomic E-state index is 0.271. The van der Waals surface area contributed by atoms with Crippen LogP contribution in [0.5, 0.6) is 0 Å². The summed E-state index contributed by atoms with van der Waals surface area (Å²) in [6.45, 7) is 10.4. The lowest BCUT2D eigenvalue weighted by atomic mass is 10.0. The number of allylic oxidation sites excluding steroid dienone is 1. The van der Waals surface area contributed by atoms with Gasteiger partial charge in [-0.15, -0.1) is 0 Å². The summed E-state index contributed by atoms with van der Waals surface area (Å²) in [5.74, 6) is 1.31. The van der Waals surface area contributed by atoms with Crippen LogP contribution >= 0.6 is 0 Å². The van der Waals surface area contributed by atoms with Crippen molar-refractivity contribution < 1.29 is 4.39 Å². The molecule has 5 nitrogen and oxygen atoms in total. The molecule has 0 spiro atoms. The van der Waals surface area contributed by atoms with E-state index in [2.05, 4.69) is 28.2 Å². The van der Waals surface area contributed by atoms with Gasteiger partial charge in [-0.05, 0) is 93.3 Å². The molecule has 1 aromatic heterocycles. The number of hydrogen-bond donors (Lipinski definition) is 2. The van der Waals surface area contributed by atoms with Crippen molar-refractivity contribution in [1.82, 2.24) is 9.97 Å². The van der Waals surface area contributed by atoms with E-state index in [4.69, 9.17) is 9.97 Å². The minimum Gasteiger partial charge on any atom is -0.371 e. The van der Waals surface area contributed by atoms with E-state index in [1.165, 1.54) is 48.6 Å². The molecule has 0 bridgehead atoms. The molecule has 172 valence electrons. The monoisotopic (exact) mass is 445 g/mol. The average molecular weight is 446 g/mol. The summed E-state index contributed by atoms with van der Waals surface area (Å²) in [5, 5.41) is 7.66. The highest BCUT2D eigenvalue weighted by molar-refractivity contribution is 5.96. The zero-order valence-corrected chi connectivity index (χ0v) is 19.6. The van der Waals surface area contributed by atoms with Gasteiger partial charge in [-0.2, -0.15) is 0 Å². The number of benzene rings is 2. The Hall–Kier alpha value is -3.15. The number of aryl methyl sites for hydroxylation is 2. The second-order valence-corrected chi connectivity index (χ2v) is 9.38. The predicted octanol–water partition coefficient (Wildman–Crippen LogP) is 6.11. The van der Waals surface area contributed by atoms with Crippen LogP contribution in [0.3, 0.4) is 0 Å². The Balaban J connectivity index is 1.52. The third kappa shape index (κ3) is 4.52. The molecule has 0 unspecified atom stereocenters. The van der Waals surface area contributed by atoms with E-state index < -0.39 is 0 Å². The van der Waals surface area contributed by atoms with E-state index >= 15 is 0 Å². The molecule has 2 heterocycles. The number of fused-ring (bicyclic) bond motifs is 3. The highest BCUT2D eigenvalue weighted by atomic mass is 19.1. The van der Waals surface area contributed by atoms with E-state index in [0.29, 0.717) is 12.2 Å². The Bertz CT molecular complexity index is 1210. The van der Waals surface area contributed by atoms with Crippen LogP contribution in [0.15, 0.2) is 36.5 Å². The van der Waals surface area contributed by atoms with Crippen molar-refractivity contribution in [2.24, 2.45) is 0 Å². The molecule has 1 fully saturated rings. The molecule has 5 rings (SSSR count). The fourth-order valence-electron chi connectivity index (χ4n) is 5.27. The van der Waals surface area contributed by atoms with E-state index in [9.17, 15) is 4.39 Å². The van der Waals surface area contributed by atoms with Gasteiger partial charge in [0, 0.05) is 42.1 Å². The number of halogens is 1. The van der Waals surface area contributed by atoms with Crippen LogP contribution < -0.4 is 15.5 Å². The van der Waals surface area contributed by atoms with Crippen molar-refractivity contribution >= 4 is 28.1 Å². The summed E-state index contributed by atoms with van der Waals surface area (Å²) in [6, 6.07) is 7.28. The number of piperidine rings is 1. The normalized spacial score (nSPS) is 15.5. The Morgan fingerprint density at radius 2 is 1.82 bits per heavy atom. The lowest BCUT2D eigenvalue weighted by Gasteiger charge is -2.31. The highest BCUT2D eigenvalue weighted by Gasteiger charge is 2.25. The lowest BCUT2D eigenvalue weighted by molar-refractivity contribution is 0.576. The molecule has 2 aliphatic rings. The number of anilines is 3. The predicted molar refractivity (Wildman–Crippen MR) is 135 cm³/mol. The van der Waals surface area contributed by atoms with Crippen LogP contribution in [0.2, 0.25) is 0 Å². The Morgan fingerprint density at radius 1 is 1.03 bits per heavy atom. The maximum absolute atomic E-state index is 14.2. The molecule has 1 aliphatic carbocycles. The van der Waals surface area contributed by atoms with Gasteiger partial charge in [-0.3, -0.25) is 0 Å². The second kappa shape index (κ2) is 9.00. The number of hydrogen-bond acceptors (Lipinski definition) is 5. The summed E-state index contributed by atoms with van der Waals surface area (Å²) in [4.78, 5) is 12.2. The summed E-state index contributed by atoms with van der Waals surface area (Å²) in [6.07, 6.45) is 7.21. The highest BCUT2D eigenvalue weighted by Crippen LogP contribution is 2.39. The minimum atomic E-state index is -0.271. The van der Waals surface area contributed by atoms with Gasteiger partial charge >= 0.3 is 0 Å². The van der Waals surface area contributed by atoms with Crippen LogP contribution in [0.4, 0.5) is 21.6 Å². The van der Waals surface area contributed by atoms with Crippen molar-refractivity contribution in [3.8, 4) is 0 Å². The molecule has 33 heavy (non-hydrogen) atoms. The first-order valence-electron chi connectivity index (χ1n) is 12.0. The van der Waals surface area contributed by atoms with Gasteiger partial charge in [0.05, 0.1) is 5.52 Å². The largest absolute Gasteiger partial charge is 0.371 e. The molecule has 1 aliphatic heterocycles. The van der Waals surface area contributed by atoms with Crippen LogP contribution in [0, 0.1) is 12.7 Å². The first kappa shape index (κ1) is 21.7. The summed E-state index contributed by atoms with van der Waals surface area (Å²) in [7, 11) is 0. The summed E-state index contributed by atoms with van der Waals surface area (Å²) >= 11 is 0. The first-order chi connectivity index (χ1) is 16.0. The quantitative estimate of drug-likeness (QED) is 0.479. The topological polar surface area (TPSA) is 53.1 Å². The van der Waals surface area contributed by atoms with Gasteiger partial charge in [0.25, 0.3) is 0 Å². The molecule has 0 amide bonds. The zero-order chi connectivity index (χ0) is 22.9. The Morgan fingerprint density at radius 3 is 2.61 bits per heavy atom. The molecular weight excluding hydrogens is 413 g/mol. The zero-order valence-electron chi connectivity index (χ0n) is 19.6. The summed E-state index contributed by atoms with van der Waals surface area (Å²) in [5.41, 5.74) is 7.63. The third-order valence-electron chi connectivity index (χ3n) is 6.62. The molecule has 1 saturated heterocycles. The third-order valence-corrected chi connectivity index (χ3v) is 6.62. The summed E-state index contributed by atoms with van der Waals surface area (Å²) < 4.78 is 14.2. The molecule has 3 aromatic rings. The van der Waals surface area contributed by atoms with E-state index in [0.717, 1.165) is 59.7 Å². The molecule has 2 N–H and O–H groups in total. The van der Waals surface area contributed by atoms with Crippen LogP contribution in [0.25, 0.3) is 10.9 Å². The van der Waals surface area contributed by atoms with Crippen molar-refractivity contribution in [3.63, 3.8) is 0 Å². The number of nitrogens with zero attached hydrogens (tertiary/aromatic N) is 3. The maximum Gasteiger partial charge on any atom is 0.137 e. The molecule has 0 atom stereocenters. The molecule has 0 radical (unpaired) electrons.